The van der Waals surface area contributed by atoms with Gasteiger partial charge < -0.3 is 21.9 Å². The zero-order valence-electron chi connectivity index (χ0n) is 22.9. The molecule has 0 saturated carbocycles. The van der Waals surface area contributed by atoms with Crippen LogP contribution >= 0.6 is 11.3 Å². The highest BCUT2D eigenvalue weighted by Gasteiger charge is 2.25. The van der Waals surface area contributed by atoms with E-state index in [4.69, 9.17) is 11.5 Å². The monoisotopic (exact) mass is 603 g/mol. The van der Waals surface area contributed by atoms with E-state index in [9.17, 15) is 27.9 Å². The molecule has 3 aromatic rings. The number of carbonyl (C=O) groups excluding carboxylic acids is 2. The second kappa shape index (κ2) is 13.4. The number of Topliss-reactive ketones (excluding diaryl/α,β-unsaturated/α-hetero) is 1. The number of aryl methyl sites for hydroxylation is 2. The van der Waals surface area contributed by atoms with Gasteiger partial charge in [-0.25, -0.2) is 13.2 Å². The molecule has 0 spiro atoms. The molecule has 13 nitrogen and oxygen atoms in total. The van der Waals surface area contributed by atoms with Crippen molar-refractivity contribution in [3.63, 3.8) is 0 Å². The molecule has 0 bridgehead atoms. The van der Waals surface area contributed by atoms with Gasteiger partial charge in [-0.3, -0.25) is 24.0 Å². The van der Waals surface area contributed by atoms with Gasteiger partial charge in [-0.1, -0.05) is 12.1 Å². The van der Waals surface area contributed by atoms with E-state index < -0.39 is 27.9 Å². The summed E-state index contributed by atoms with van der Waals surface area (Å²) in [6.07, 6.45) is 1.01. The van der Waals surface area contributed by atoms with E-state index in [0.29, 0.717) is 12.8 Å². The molecule has 0 saturated heterocycles. The minimum absolute atomic E-state index is 0.0153. The van der Waals surface area contributed by atoms with Crippen LogP contribution in [0.4, 0.5) is 5.69 Å². The first-order valence-electron chi connectivity index (χ1n) is 12.6. The number of aliphatic carboxylic acids is 1. The molecule has 1 aromatic carbocycles. The Morgan fingerprint density at radius 1 is 1.20 bits per heavy atom. The Labute approximate surface area is 241 Å². The van der Waals surface area contributed by atoms with Crippen LogP contribution in [0.2, 0.25) is 0 Å². The van der Waals surface area contributed by atoms with Gasteiger partial charge in [-0.15, -0.1) is 11.3 Å². The molecule has 2 heterocycles. The maximum atomic E-state index is 13.2. The normalized spacial score (nSPS) is 12.0. The predicted octanol–water partition coefficient (Wildman–Crippen LogP) is 1.95. The number of hydrogen-bond acceptors (Lipinski definition) is 8. The van der Waals surface area contributed by atoms with Crippen molar-refractivity contribution in [3.05, 3.63) is 63.1 Å². The van der Waals surface area contributed by atoms with Gasteiger partial charge in [-0.05, 0) is 62.3 Å². The standard InChI is InChI=1S/C26H33N7O6S2/c1-15-19(16(2)33(3)31-15)9-10-22(34)17-6-4-7-18(14-17)41(38,39)32-20-11-13-40-23(20)24(35)30-21(25(36)37)8-5-12-29-26(27)28/h4,6-7,11,13-14,21,32H,5,8-10,12H2,1-3H3,(H,30,35)(H,36,37)(H4,27,28,29)/t21-/m0/s1. The number of carboxylic acids is 1. The van der Waals surface area contributed by atoms with Crippen LogP contribution in [0.5, 0.6) is 0 Å². The average Bonchev–Trinajstić information content (AvgIpc) is 3.46. The summed E-state index contributed by atoms with van der Waals surface area (Å²) in [5, 5.41) is 17.8. The highest BCUT2D eigenvalue weighted by molar-refractivity contribution is 7.92. The van der Waals surface area contributed by atoms with Crippen molar-refractivity contribution >= 4 is 50.7 Å². The van der Waals surface area contributed by atoms with E-state index in [-0.39, 0.29) is 52.2 Å². The highest BCUT2D eigenvalue weighted by Crippen LogP contribution is 2.26. The fraction of sp³-hybridized carbons (Fsp3) is 0.346. The summed E-state index contributed by atoms with van der Waals surface area (Å²) >= 11 is 0.948. The molecule has 2 aromatic heterocycles. The number of carboxylic acid groups (broad SMARTS) is 1. The van der Waals surface area contributed by atoms with Crippen molar-refractivity contribution < 1.29 is 27.9 Å². The summed E-state index contributed by atoms with van der Waals surface area (Å²) < 4.78 is 30.5. The minimum Gasteiger partial charge on any atom is -0.480 e. The van der Waals surface area contributed by atoms with E-state index in [1.54, 1.807) is 10.7 Å². The van der Waals surface area contributed by atoms with E-state index in [1.807, 2.05) is 20.9 Å². The zero-order valence-corrected chi connectivity index (χ0v) is 24.5. The maximum Gasteiger partial charge on any atom is 0.326 e. The van der Waals surface area contributed by atoms with Crippen LogP contribution in [0, 0.1) is 13.8 Å². The minimum atomic E-state index is -4.19. The maximum absolute atomic E-state index is 13.2. The van der Waals surface area contributed by atoms with Gasteiger partial charge in [-0.2, -0.15) is 5.10 Å². The molecule has 1 amide bonds. The van der Waals surface area contributed by atoms with Crippen LogP contribution in [0.15, 0.2) is 45.6 Å². The Morgan fingerprint density at radius 2 is 1.93 bits per heavy atom. The number of rotatable bonds is 14. The van der Waals surface area contributed by atoms with Crippen molar-refractivity contribution in [1.82, 2.24) is 15.1 Å². The number of hydrogen-bond donors (Lipinski definition) is 5. The third-order valence-corrected chi connectivity index (χ3v) is 8.67. The summed E-state index contributed by atoms with van der Waals surface area (Å²) in [6, 6.07) is 5.83. The third kappa shape index (κ3) is 8.14. The van der Waals surface area contributed by atoms with Gasteiger partial charge >= 0.3 is 5.97 Å². The zero-order chi connectivity index (χ0) is 30.3. The van der Waals surface area contributed by atoms with E-state index >= 15 is 0 Å². The lowest BCUT2D eigenvalue weighted by atomic mass is 10.0. The number of ketones is 1. The second-order valence-electron chi connectivity index (χ2n) is 9.31. The molecule has 220 valence electrons. The summed E-state index contributed by atoms with van der Waals surface area (Å²) in [5.74, 6) is -2.35. The van der Waals surface area contributed by atoms with E-state index in [1.165, 1.54) is 29.6 Å². The van der Waals surface area contributed by atoms with Crippen molar-refractivity contribution in [2.24, 2.45) is 23.5 Å². The van der Waals surface area contributed by atoms with Gasteiger partial charge in [0.05, 0.1) is 16.3 Å². The van der Waals surface area contributed by atoms with Crippen LogP contribution < -0.4 is 21.5 Å². The third-order valence-electron chi connectivity index (χ3n) is 6.39. The first-order valence-corrected chi connectivity index (χ1v) is 15.0. The molecule has 41 heavy (non-hydrogen) atoms. The van der Waals surface area contributed by atoms with Gasteiger partial charge in [0.15, 0.2) is 11.7 Å². The number of nitrogens with zero attached hydrogens (tertiary/aromatic N) is 3. The summed E-state index contributed by atoms with van der Waals surface area (Å²) in [4.78, 5) is 41.0. The van der Waals surface area contributed by atoms with Crippen LogP contribution in [-0.4, -0.2) is 59.5 Å². The van der Waals surface area contributed by atoms with Crippen molar-refractivity contribution in [1.29, 1.82) is 0 Å². The Bertz CT molecular complexity index is 1570. The molecule has 0 fully saturated rings. The summed E-state index contributed by atoms with van der Waals surface area (Å²) in [6.45, 7) is 3.99. The number of nitrogens with one attached hydrogen (secondary N) is 2. The summed E-state index contributed by atoms with van der Waals surface area (Å²) in [7, 11) is -2.35. The average molecular weight is 604 g/mol. The molecular weight excluding hydrogens is 570 g/mol. The lowest BCUT2D eigenvalue weighted by Gasteiger charge is -2.15. The number of amides is 1. The van der Waals surface area contributed by atoms with Gasteiger partial charge in [0.2, 0.25) is 0 Å². The van der Waals surface area contributed by atoms with Crippen LogP contribution in [0.3, 0.4) is 0 Å². The van der Waals surface area contributed by atoms with Crippen molar-refractivity contribution in [2.45, 2.75) is 50.5 Å². The molecule has 0 aliphatic carbocycles. The lowest BCUT2D eigenvalue weighted by Crippen LogP contribution is -2.40. The highest BCUT2D eigenvalue weighted by atomic mass is 32.2. The Kier molecular flexibility index (Phi) is 10.2. The number of nitrogens with two attached hydrogens (primary N) is 2. The van der Waals surface area contributed by atoms with Crippen LogP contribution in [-0.2, 0) is 28.3 Å². The number of sulfonamides is 1. The molecule has 1 atom stereocenters. The largest absolute Gasteiger partial charge is 0.480 e. The number of carbonyl (C=O) groups is 3. The molecule has 0 aliphatic heterocycles. The fourth-order valence-electron chi connectivity index (χ4n) is 4.15. The lowest BCUT2D eigenvalue weighted by molar-refractivity contribution is -0.139. The first-order chi connectivity index (χ1) is 19.3. The molecule has 0 aliphatic rings. The summed E-state index contributed by atoms with van der Waals surface area (Å²) in [5.41, 5.74) is 13.5. The number of anilines is 1. The fourth-order valence-corrected chi connectivity index (χ4v) is 6.09. The van der Waals surface area contributed by atoms with Crippen LogP contribution in [0.25, 0.3) is 0 Å². The van der Waals surface area contributed by atoms with E-state index in [0.717, 1.165) is 28.3 Å². The number of thiophene rings is 1. The van der Waals surface area contributed by atoms with Gasteiger partial charge in [0.25, 0.3) is 15.9 Å². The van der Waals surface area contributed by atoms with Crippen molar-refractivity contribution in [2.75, 3.05) is 11.3 Å². The molecule has 0 unspecified atom stereocenters. The number of guanidine groups is 1. The van der Waals surface area contributed by atoms with Gasteiger partial charge in [0.1, 0.15) is 10.9 Å². The smallest absolute Gasteiger partial charge is 0.326 e. The van der Waals surface area contributed by atoms with Crippen molar-refractivity contribution in [3.8, 4) is 0 Å². The topological polar surface area (TPSA) is 212 Å². The molecule has 0 radical (unpaired) electrons. The number of aliphatic imine (C=N–C) groups is 1. The Hall–Kier alpha value is -4.24. The van der Waals surface area contributed by atoms with E-state index in [2.05, 4.69) is 20.1 Å². The Balaban J connectivity index is 1.70. The number of aromatic nitrogens is 2. The van der Waals surface area contributed by atoms with Gasteiger partial charge in [0, 0.05) is 31.3 Å². The molecule has 3 rings (SSSR count). The Morgan fingerprint density at radius 3 is 2.56 bits per heavy atom. The molecule has 7 N–H and O–H groups in total. The second-order valence-corrected chi connectivity index (χ2v) is 11.9. The first kappa shape index (κ1) is 31.3. The number of benzene rings is 1. The quantitative estimate of drug-likeness (QED) is 0.0787. The SMILES string of the molecule is Cc1nn(C)c(C)c1CCC(=O)c1cccc(S(=O)(=O)Nc2ccsc2C(=O)N[C@@H](CCCN=C(N)N)C(=O)O)c1. The molecule has 15 heteroatoms. The van der Waals surface area contributed by atoms with Crippen LogP contribution in [0.1, 0.15) is 56.2 Å². The molecular formula is C26H33N7O6S2. The predicted molar refractivity (Wildman–Crippen MR) is 156 cm³/mol.